The van der Waals surface area contributed by atoms with Gasteiger partial charge in [0.1, 0.15) is 18.1 Å². The number of hydrogen-bond donors (Lipinski definition) is 1. The lowest BCUT2D eigenvalue weighted by Crippen LogP contribution is -2.25. The van der Waals surface area contributed by atoms with Crippen LogP contribution in [0.4, 0.5) is 22.0 Å². The van der Waals surface area contributed by atoms with Crippen molar-refractivity contribution < 1.29 is 27.1 Å². The van der Waals surface area contributed by atoms with Crippen LogP contribution in [0, 0.1) is 17.1 Å². The number of benzene rings is 2. The molecule has 2 aliphatic rings. The van der Waals surface area contributed by atoms with Crippen LogP contribution in [0.25, 0.3) is 11.3 Å². The maximum absolute atomic E-state index is 14.7. The summed E-state index contributed by atoms with van der Waals surface area (Å²) in [6, 6.07) is 6.61. The van der Waals surface area contributed by atoms with Crippen LogP contribution in [-0.4, -0.2) is 32.2 Å². The molecule has 1 aromatic heterocycles. The first-order valence-electron chi connectivity index (χ1n) is 10.2. The van der Waals surface area contributed by atoms with E-state index in [9.17, 15) is 32.3 Å². The van der Waals surface area contributed by atoms with Gasteiger partial charge in [-0.1, -0.05) is 17.3 Å². The molecule has 10 heteroatoms. The quantitative estimate of drug-likeness (QED) is 0.568. The molecule has 1 N–H and O–H groups in total. The topological polar surface area (TPSA) is 74.7 Å². The van der Waals surface area contributed by atoms with E-state index < -0.39 is 48.9 Å². The Morgan fingerprint density at radius 1 is 1.18 bits per heavy atom. The third kappa shape index (κ3) is 3.14. The Labute approximate surface area is 185 Å². The standard InChI is InChI=1S/C23H17F5N4O/c1-32-18(9-30-31-32)13-3-2-12(16-7-23(27,28)22(33)20(13)16)14-6-17(25)21(26)15-5-11(24)4-10(8-29)19(14)15/h2-5,9,14,17,21-22,33H,6-7H2,1H3/t14-,17+,21-,22+/m1/s1. The van der Waals surface area contributed by atoms with Gasteiger partial charge in [0, 0.05) is 24.9 Å². The molecule has 0 fully saturated rings. The highest BCUT2D eigenvalue weighted by Crippen LogP contribution is 2.53. The summed E-state index contributed by atoms with van der Waals surface area (Å²) < 4.78 is 74.2. The number of nitriles is 1. The molecule has 0 spiro atoms. The number of aliphatic hydroxyl groups excluding tert-OH is 1. The average molecular weight is 460 g/mol. The summed E-state index contributed by atoms with van der Waals surface area (Å²) >= 11 is 0. The Hall–Kier alpha value is -3.32. The first kappa shape index (κ1) is 21.5. The molecule has 0 bridgehead atoms. The zero-order valence-corrected chi connectivity index (χ0v) is 17.2. The van der Waals surface area contributed by atoms with Crippen LogP contribution in [0.5, 0.6) is 0 Å². The third-order valence-electron chi connectivity index (χ3n) is 6.57. The fraction of sp³-hybridized carbons (Fsp3) is 0.348. The van der Waals surface area contributed by atoms with Crippen LogP contribution < -0.4 is 0 Å². The van der Waals surface area contributed by atoms with Gasteiger partial charge in [-0.3, -0.25) is 0 Å². The van der Waals surface area contributed by atoms with Gasteiger partial charge < -0.3 is 5.11 Å². The van der Waals surface area contributed by atoms with Crippen molar-refractivity contribution in [2.45, 2.75) is 43.1 Å². The van der Waals surface area contributed by atoms with Gasteiger partial charge in [0.2, 0.25) is 0 Å². The molecule has 5 nitrogen and oxygen atoms in total. The molecule has 0 amide bonds. The summed E-state index contributed by atoms with van der Waals surface area (Å²) in [5.41, 5.74) is 0.606. The zero-order valence-electron chi connectivity index (χ0n) is 17.2. The fourth-order valence-corrected chi connectivity index (χ4v) is 5.11. The van der Waals surface area contributed by atoms with Crippen molar-refractivity contribution in [1.29, 1.82) is 5.26 Å². The van der Waals surface area contributed by atoms with E-state index in [1.54, 1.807) is 7.05 Å². The van der Waals surface area contributed by atoms with Crippen LogP contribution >= 0.6 is 0 Å². The van der Waals surface area contributed by atoms with Crippen molar-refractivity contribution in [2.75, 3.05) is 0 Å². The van der Waals surface area contributed by atoms with Crippen LogP contribution in [0.3, 0.4) is 0 Å². The van der Waals surface area contributed by atoms with Crippen LogP contribution in [-0.2, 0) is 13.5 Å². The first-order valence-corrected chi connectivity index (χ1v) is 10.2. The van der Waals surface area contributed by atoms with E-state index in [0.29, 0.717) is 11.3 Å². The number of aliphatic hydroxyl groups is 1. The van der Waals surface area contributed by atoms with Crippen molar-refractivity contribution in [3.8, 4) is 17.3 Å². The van der Waals surface area contributed by atoms with Crippen LogP contribution in [0.2, 0.25) is 0 Å². The highest BCUT2D eigenvalue weighted by Gasteiger charge is 2.50. The number of rotatable bonds is 2. The molecule has 4 atom stereocenters. The van der Waals surface area contributed by atoms with Gasteiger partial charge in [-0.25, -0.2) is 26.6 Å². The normalized spacial score (nSPS) is 25.4. The molecule has 0 unspecified atom stereocenters. The zero-order chi connectivity index (χ0) is 23.7. The van der Waals surface area contributed by atoms with Gasteiger partial charge in [0.15, 0.2) is 6.17 Å². The van der Waals surface area contributed by atoms with E-state index in [4.69, 9.17) is 0 Å². The van der Waals surface area contributed by atoms with E-state index in [1.165, 1.54) is 23.0 Å². The number of hydrogen-bond acceptors (Lipinski definition) is 4. The van der Waals surface area contributed by atoms with Crippen LogP contribution in [0.15, 0.2) is 30.5 Å². The molecule has 33 heavy (non-hydrogen) atoms. The Morgan fingerprint density at radius 2 is 1.94 bits per heavy atom. The second-order valence-electron chi connectivity index (χ2n) is 8.45. The molecule has 0 saturated carbocycles. The van der Waals surface area contributed by atoms with Crippen molar-refractivity contribution in [2.24, 2.45) is 7.05 Å². The SMILES string of the molecule is Cn1nncc1-c1ccc([C@H]2C[C@H](F)[C@H](F)c3cc(F)cc(C#N)c32)c2c1[C@H](O)C(F)(F)C2. The van der Waals surface area contributed by atoms with Crippen LogP contribution in [0.1, 0.15) is 58.0 Å². The summed E-state index contributed by atoms with van der Waals surface area (Å²) in [5.74, 6) is -5.34. The Bertz CT molecular complexity index is 1310. The van der Waals surface area contributed by atoms with E-state index in [0.717, 1.165) is 12.1 Å². The third-order valence-corrected chi connectivity index (χ3v) is 6.57. The molecule has 3 aromatic rings. The molecule has 0 aliphatic heterocycles. The Kier molecular flexibility index (Phi) is 4.79. The second-order valence-corrected chi connectivity index (χ2v) is 8.45. The number of aromatic nitrogens is 3. The van der Waals surface area contributed by atoms with E-state index >= 15 is 0 Å². The predicted octanol–water partition coefficient (Wildman–Crippen LogP) is 4.60. The molecule has 0 radical (unpaired) electrons. The summed E-state index contributed by atoms with van der Waals surface area (Å²) in [5, 5.41) is 27.6. The second kappa shape index (κ2) is 7.35. The van der Waals surface area contributed by atoms with E-state index in [-0.39, 0.29) is 33.4 Å². The van der Waals surface area contributed by atoms with Gasteiger partial charge in [-0.15, -0.1) is 5.10 Å². The maximum Gasteiger partial charge on any atom is 0.281 e. The lowest BCUT2D eigenvalue weighted by Gasteiger charge is -2.33. The molecule has 1 heterocycles. The van der Waals surface area contributed by atoms with Crippen molar-refractivity contribution >= 4 is 0 Å². The number of fused-ring (bicyclic) bond motifs is 2. The molecule has 2 aromatic carbocycles. The van der Waals surface area contributed by atoms with E-state index in [1.807, 2.05) is 6.07 Å². The highest BCUT2D eigenvalue weighted by molar-refractivity contribution is 5.70. The lowest BCUT2D eigenvalue weighted by atomic mass is 9.73. The summed E-state index contributed by atoms with van der Waals surface area (Å²) in [6.07, 6.45) is -6.13. The molecule has 170 valence electrons. The highest BCUT2D eigenvalue weighted by atomic mass is 19.3. The number of aryl methyl sites for hydroxylation is 1. The summed E-state index contributed by atoms with van der Waals surface area (Å²) in [7, 11) is 1.57. The minimum Gasteiger partial charge on any atom is -0.382 e. The largest absolute Gasteiger partial charge is 0.382 e. The Morgan fingerprint density at radius 3 is 2.61 bits per heavy atom. The lowest BCUT2D eigenvalue weighted by molar-refractivity contribution is -0.0966. The Balaban J connectivity index is 1.77. The number of alkyl halides is 4. The van der Waals surface area contributed by atoms with Gasteiger partial charge in [0.05, 0.1) is 23.5 Å². The average Bonchev–Trinajstić information content (AvgIpc) is 3.30. The fourth-order valence-electron chi connectivity index (χ4n) is 5.11. The minimum atomic E-state index is -3.49. The predicted molar refractivity (Wildman–Crippen MR) is 106 cm³/mol. The van der Waals surface area contributed by atoms with Crippen molar-refractivity contribution in [1.82, 2.24) is 15.0 Å². The molecular weight excluding hydrogens is 443 g/mol. The van der Waals surface area contributed by atoms with Crippen molar-refractivity contribution in [3.63, 3.8) is 0 Å². The monoisotopic (exact) mass is 460 g/mol. The van der Waals surface area contributed by atoms with Gasteiger partial charge in [-0.2, -0.15) is 5.26 Å². The molecule has 0 saturated heterocycles. The first-order chi connectivity index (χ1) is 15.6. The number of nitrogens with zero attached hydrogens (tertiary/aromatic N) is 4. The van der Waals surface area contributed by atoms with Gasteiger partial charge >= 0.3 is 0 Å². The molecule has 5 rings (SSSR count). The smallest absolute Gasteiger partial charge is 0.281 e. The van der Waals surface area contributed by atoms with E-state index in [2.05, 4.69) is 10.3 Å². The summed E-state index contributed by atoms with van der Waals surface area (Å²) in [6.45, 7) is 0. The molecule has 2 aliphatic carbocycles. The molecular formula is C23H17F5N4O. The van der Waals surface area contributed by atoms with Gasteiger partial charge in [0.25, 0.3) is 5.92 Å². The minimum absolute atomic E-state index is 0.0390. The maximum atomic E-state index is 14.7. The van der Waals surface area contributed by atoms with Crippen molar-refractivity contribution in [3.05, 3.63) is 69.7 Å². The summed E-state index contributed by atoms with van der Waals surface area (Å²) in [4.78, 5) is 0. The van der Waals surface area contributed by atoms with Gasteiger partial charge in [-0.05, 0) is 46.4 Å². The number of halogens is 5.